The number of anilines is 3. The molecule has 3 aromatic rings. The van der Waals surface area contributed by atoms with E-state index in [1.54, 1.807) is 44.0 Å². The molecule has 1 aromatic heterocycles. The highest BCUT2D eigenvalue weighted by molar-refractivity contribution is 6.20. The van der Waals surface area contributed by atoms with E-state index in [9.17, 15) is 14.4 Å². The van der Waals surface area contributed by atoms with Crippen LogP contribution in [0.15, 0.2) is 54.7 Å². The summed E-state index contributed by atoms with van der Waals surface area (Å²) in [4.78, 5) is 48.7. The number of carbonyl (C=O) groups excluding carboxylic acids is 3. The number of hydrogen-bond acceptors (Lipinski definition) is 7. The number of ether oxygens (including phenoxy) is 2. The Morgan fingerprint density at radius 1 is 0.933 bits per heavy atom. The molecule has 3 amide bonds. The van der Waals surface area contributed by atoms with Gasteiger partial charge in [0.15, 0.2) is 0 Å². The summed E-state index contributed by atoms with van der Waals surface area (Å²) in [6.45, 7) is 8.17. The number of fused-ring (bicyclic) bond motifs is 2. The number of aryl methyl sites for hydroxylation is 1. The second-order valence-electron chi connectivity index (χ2n) is 12.0. The van der Waals surface area contributed by atoms with Crippen molar-refractivity contribution >= 4 is 34.8 Å². The van der Waals surface area contributed by atoms with Gasteiger partial charge in [-0.1, -0.05) is 12.1 Å². The molecule has 5 rings (SSSR count). The highest BCUT2D eigenvalue weighted by Gasteiger charge is 2.45. The van der Waals surface area contributed by atoms with Crippen molar-refractivity contribution < 1.29 is 23.9 Å². The van der Waals surface area contributed by atoms with E-state index in [0.29, 0.717) is 56.2 Å². The Labute approximate surface area is 265 Å². The molecule has 1 N–H and O–H groups in total. The van der Waals surface area contributed by atoms with Gasteiger partial charge in [0.2, 0.25) is 17.7 Å². The van der Waals surface area contributed by atoms with Gasteiger partial charge in [-0.15, -0.1) is 0 Å². The molecule has 10 nitrogen and oxygen atoms in total. The summed E-state index contributed by atoms with van der Waals surface area (Å²) in [5.74, 6) is 1.07. The van der Waals surface area contributed by atoms with Gasteiger partial charge >= 0.3 is 0 Å². The van der Waals surface area contributed by atoms with Gasteiger partial charge in [0, 0.05) is 63.5 Å². The minimum atomic E-state index is -1.14. The van der Waals surface area contributed by atoms with Crippen molar-refractivity contribution in [2.45, 2.75) is 53.0 Å². The number of nitrogens with one attached hydrogen (secondary N) is 1. The van der Waals surface area contributed by atoms with Crippen LogP contribution in [0.1, 0.15) is 50.4 Å². The van der Waals surface area contributed by atoms with E-state index in [-0.39, 0.29) is 17.7 Å². The number of pyridine rings is 1. The number of rotatable bonds is 12. The number of hydrogen-bond donors (Lipinski definition) is 1. The molecular weight excluding hydrogens is 570 g/mol. The van der Waals surface area contributed by atoms with Crippen LogP contribution in [0.4, 0.5) is 17.1 Å². The number of benzene rings is 2. The van der Waals surface area contributed by atoms with Gasteiger partial charge in [0.25, 0.3) is 0 Å². The van der Waals surface area contributed by atoms with Crippen molar-refractivity contribution in [2.24, 2.45) is 5.41 Å². The van der Waals surface area contributed by atoms with Crippen LogP contribution in [0.2, 0.25) is 0 Å². The predicted molar refractivity (Wildman–Crippen MR) is 175 cm³/mol. The van der Waals surface area contributed by atoms with Gasteiger partial charge < -0.3 is 29.5 Å². The van der Waals surface area contributed by atoms with Gasteiger partial charge in [0.05, 0.1) is 30.8 Å². The molecule has 2 aromatic carbocycles. The number of carbonyl (C=O) groups is 3. The van der Waals surface area contributed by atoms with Crippen molar-refractivity contribution in [1.29, 1.82) is 0 Å². The highest BCUT2D eigenvalue weighted by atomic mass is 16.5. The quantitative estimate of drug-likeness (QED) is 0.237. The lowest BCUT2D eigenvalue weighted by Gasteiger charge is -2.30. The standard InChI is InChI=1S/C35H43N5O5/c1-6-39-29-14-13-27(22-31(29)38(4)33(42)35(2,3)34(39)43)45-20-8-17-36-23-25-9-7-18-37-28(25)16-19-40-30-21-26(44-5)12-10-24(30)11-15-32(40)41/h7,9-10,12-14,18,21-22,36H,6,8,11,15-17,19-20,23H2,1-5H3. The minimum absolute atomic E-state index is 0.124. The first-order chi connectivity index (χ1) is 21.6. The summed E-state index contributed by atoms with van der Waals surface area (Å²) in [5.41, 5.74) is 4.38. The third-order valence-electron chi connectivity index (χ3n) is 8.67. The summed E-state index contributed by atoms with van der Waals surface area (Å²) in [6.07, 6.45) is 4.47. The van der Waals surface area contributed by atoms with Crippen molar-refractivity contribution in [3.63, 3.8) is 0 Å². The van der Waals surface area contributed by atoms with E-state index in [1.165, 1.54) is 0 Å². The number of nitrogens with zero attached hydrogens (tertiary/aromatic N) is 4. The third kappa shape index (κ3) is 6.66. The average Bonchev–Trinajstić information content (AvgIpc) is 3.10. The summed E-state index contributed by atoms with van der Waals surface area (Å²) >= 11 is 0. The molecule has 0 fully saturated rings. The van der Waals surface area contributed by atoms with Crippen LogP contribution in [0.3, 0.4) is 0 Å². The molecule has 3 heterocycles. The maximum atomic E-state index is 13.1. The average molecular weight is 614 g/mol. The van der Waals surface area contributed by atoms with Gasteiger partial charge in [-0.3, -0.25) is 19.4 Å². The third-order valence-corrected chi connectivity index (χ3v) is 8.67. The largest absolute Gasteiger partial charge is 0.497 e. The molecular formula is C35H43N5O5. The van der Waals surface area contributed by atoms with Crippen LogP contribution in [-0.4, -0.2) is 63.1 Å². The molecule has 45 heavy (non-hydrogen) atoms. The minimum Gasteiger partial charge on any atom is -0.497 e. The summed E-state index contributed by atoms with van der Waals surface area (Å²) < 4.78 is 11.4. The predicted octanol–water partition coefficient (Wildman–Crippen LogP) is 4.53. The molecule has 2 aliphatic rings. The summed E-state index contributed by atoms with van der Waals surface area (Å²) in [6, 6.07) is 15.5. The molecule has 10 heteroatoms. The van der Waals surface area contributed by atoms with Gasteiger partial charge in [-0.25, -0.2) is 0 Å². The van der Waals surface area contributed by atoms with E-state index >= 15 is 0 Å². The number of amides is 3. The molecule has 238 valence electrons. The Bertz CT molecular complexity index is 1570. The zero-order chi connectivity index (χ0) is 32.1. The van der Waals surface area contributed by atoms with Crippen molar-refractivity contribution in [1.82, 2.24) is 10.3 Å². The molecule has 0 spiro atoms. The molecule has 0 unspecified atom stereocenters. The van der Waals surface area contributed by atoms with Crippen LogP contribution in [0, 0.1) is 5.41 Å². The topological polar surface area (TPSA) is 104 Å². The zero-order valence-corrected chi connectivity index (χ0v) is 26.9. The first-order valence-corrected chi connectivity index (χ1v) is 15.6. The SMILES string of the molecule is CCN1C(=O)C(C)(C)C(=O)N(C)c2cc(OCCCNCc3cccnc3CCN3C(=O)CCc4ccc(OC)cc43)ccc21. The molecule has 0 bridgehead atoms. The Hall–Kier alpha value is -4.44. The maximum absolute atomic E-state index is 13.1. The fourth-order valence-electron chi connectivity index (χ4n) is 6.05. The molecule has 0 aliphatic carbocycles. The molecule has 2 aliphatic heterocycles. The first-order valence-electron chi connectivity index (χ1n) is 15.6. The Kier molecular flexibility index (Phi) is 9.72. The fourth-order valence-corrected chi connectivity index (χ4v) is 6.05. The van der Waals surface area contributed by atoms with E-state index in [1.807, 2.05) is 54.3 Å². The fraction of sp³-hybridized carbons (Fsp3) is 0.429. The van der Waals surface area contributed by atoms with E-state index in [0.717, 1.165) is 47.6 Å². The van der Waals surface area contributed by atoms with E-state index < -0.39 is 5.41 Å². The van der Waals surface area contributed by atoms with Crippen molar-refractivity contribution in [2.75, 3.05) is 55.1 Å². The van der Waals surface area contributed by atoms with Crippen molar-refractivity contribution in [3.05, 3.63) is 71.5 Å². The Morgan fingerprint density at radius 2 is 1.71 bits per heavy atom. The molecule has 0 atom stereocenters. The van der Waals surface area contributed by atoms with Crippen LogP contribution < -0.4 is 29.5 Å². The van der Waals surface area contributed by atoms with Gasteiger partial charge in [-0.2, -0.15) is 0 Å². The molecule has 0 saturated carbocycles. The van der Waals surface area contributed by atoms with Crippen LogP contribution in [-0.2, 0) is 33.8 Å². The normalized spacial score (nSPS) is 15.9. The summed E-state index contributed by atoms with van der Waals surface area (Å²) in [5, 5.41) is 3.49. The number of aromatic nitrogens is 1. The molecule has 0 saturated heterocycles. The lowest BCUT2D eigenvalue weighted by atomic mass is 9.90. The monoisotopic (exact) mass is 613 g/mol. The van der Waals surface area contributed by atoms with Crippen LogP contribution in [0.25, 0.3) is 0 Å². The number of methoxy groups -OCH3 is 1. The summed E-state index contributed by atoms with van der Waals surface area (Å²) in [7, 11) is 3.34. The Balaban J connectivity index is 1.14. The smallest absolute Gasteiger partial charge is 0.242 e. The van der Waals surface area contributed by atoms with Gasteiger partial charge in [-0.05, 0) is 75.5 Å². The van der Waals surface area contributed by atoms with Crippen LogP contribution >= 0.6 is 0 Å². The molecule has 0 radical (unpaired) electrons. The highest BCUT2D eigenvalue weighted by Crippen LogP contribution is 2.40. The van der Waals surface area contributed by atoms with Crippen molar-refractivity contribution in [3.8, 4) is 11.5 Å². The second kappa shape index (κ2) is 13.7. The van der Waals surface area contributed by atoms with Gasteiger partial charge in [0.1, 0.15) is 16.9 Å². The maximum Gasteiger partial charge on any atom is 0.242 e. The van der Waals surface area contributed by atoms with E-state index in [4.69, 9.17) is 9.47 Å². The van der Waals surface area contributed by atoms with Crippen LogP contribution in [0.5, 0.6) is 11.5 Å². The Morgan fingerprint density at radius 3 is 2.49 bits per heavy atom. The second-order valence-corrected chi connectivity index (χ2v) is 12.0. The van der Waals surface area contributed by atoms with E-state index in [2.05, 4.69) is 16.4 Å². The first kappa shape index (κ1) is 32.0. The zero-order valence-electron chi connectivity index (χ0n) is 26.9. The lowest BCUT2D eigenvalue weighted by molar-refractivity contribution is -0.137. The lowest BCUT2D eigenvalue weighted by Crippen LogP contribution is -2.47.